The maximum atomic E-state index is 12.7. The first-order chi connectivity index (χ1) is 16.3. The standard InChI is InChI=1S/C29H44N2O3/c1-6-7-8-11-22-17-26(32)28(25-16-21(4)13-14-24(25)20(2)3)27(18-22)34-29(33)30-15-10-9-12-23-19-31(23)5/h16-18,23-25,32H,2,6-15,19H2,1,3-5H3,(H,30,33)/t23?,24-,25+,31?/m0/s1. The van der Waals surface area contributed by atoms with Gasteiger partial charge in [0.25, 0.3) is 0 Å². The summed E-state index contributed by atoms with van der Waals surface area (Å²) in [6.45, 7) is 12.4. The number of carbonyl (C=O) groups is 1. The second kappa shape index (κ2) is 12.4. The quantitative estimate of drug-likeness (QED) is 0.203. The molecule has 0 bridgehead atoms. The third-order valence-electron chi connectivity index (χ3n) is 7.39. The molecule has 2 unspecified atom stereocenters. The minimum absolute atomic E-state index is 0.0470. The number of carbonyl (C=O) groups excluding carboxylic acids is 1. The number of nitrogens with one attached hydrogen (secondary N) is 1. The van der Waals surface area contributed by atoms with Gasteiger partial charge in [-0.15, -0.1) is 0 Å². The van der Waals surface area contributed by atoms with Crippen molar-refractivity contribution in [2.45, 2.75) is 90.5 Å². The Morgan fingerprint density at radius 3 is 2.71 bits per heavy atom. The fourth-order valence-electron chi connectivity index (χ4n) is 5.14. The Labute approximate surface area is 206 Å². The van der Waals surface area contributed by atoms with Gasteiger partial charge < -0.3 is 20.1 Å². The zero-order valence-electron chi connectivity index (χ0n) is 21.7. The topological polar surface area (TPSA) is 61.6 Å². The molecule has 1 amide bonds. The summed E-state index contributed by atoms with van der Waals surface area (Å²) in [6, 6.07) is 4.54. The van der Waals surface area contributed by atoms with Crippen LogP contribution in [0.2, 0.25) is 0 Å². The molecule has 0 spiro atoms. The second-order valence-electron chi connectivity index (χ2n) is 10.4. The summed E-state index contributed by atoms with van der Waals surface area (Å²) in [5.41, 5.74) is 4.11. The number of phenols is 1. The average molecular weight is 469 g/mol. The molecule has 1 aliphatic heterocycles. The van der Waals surface area contributed by atoms with Crippen LogP contribution in [0.4, 0.5) is 4.79 Å². The first kappa shape index (κ1) is 26.3. The molecule has 5 heteroatoms. The van der Waals surface area contributed by atoms with Crippen LogP contribution in [0.1, 0.15) is 89.2 Å². The summed E-state index contributed by atoms with van der Waals surface area (Å²) in [5.74, 6) is 0.860. The van der Waals surface area contributed by atoms with Crippen LogP contribution in [0, 0.1) is 5.92 Å². The Kier molecular flexibility index (Phi) is 9.63. The summed E-state index contributed by atoms with van der Waals surface area (Å²) in [5, 5.41) is 14.0. The van der Waals surface area contributed by atoms with E-state index in [0.29, 0.717) is 17.9 Å². The van der Waals surface area contributed by atoms with E-state index in [1.165, 1.54) is 18.5 Å². The van der Waals surface area contributed by atoms with Crippen molar-refractivity contribution >= 4 is 6.09 Å². The number of phenolic OH excluding ortho intramolecular Hbond substituents is 1. The lowest BCUT2D eigenvalue weighted by atomic mass is 9.73. The molecule has 2 N–H and O–H groups in total. The minimum atomic E-state index is -0.446. The number of aromatic hydroxyl groups is 1. The van der Waals surface area contributed by atoms with Gasteiger partial charge in [0.15, 0.2) is 0 Å². The van der Waals surface area contributed by atoms with Gasteiger partial charge in [-0.2, -0.15) is 0 Å². The molecule has 1 fully saturated rings. The molecule has 1 saturated heterocycles. The number of allylic oxidation sites excluding steroid dienone is 3. The number of ether oxygens (including phenoxy) is 1. The van der Waals surface area contributed by atoms with Crippen molar-refractivity contribution < 1.29 is 14.6 Å². The van der Waals surface area contributed by atoms with E-state index in [4.69, 9.17) is 4.74 Å². The highest BCUT2D eigenvalue weighted by molar-refractivity contribution is 5.72. The van der Waals surface area contributed by atoms with Crippen LogP contribution in [-0.4, -0.2) is 42.3 Å². The van der Waals surface area contributed by atoms with Crippen molar-refractivity contribution in [3.05, 3.63) is 47.1 Å². The van der Waals surface area contributed by atoms with Crippen LogP contribution in [-0.2, 0) is 6.42 Å². The average Bonchev–Trinajstić information content (AvgIpc) is 3.48. The summed E-state index contributed by atoms with van der Waals surface area (Å²) >= 11 is 0. The van der Waals surface area contributed by atoms with Crippen LogP contribution in [0.15, 0.2) is 35.9 Å². The molecule has 0 aromatic heterocycles. The Morgan fingerprint density at radius 2 is 2.03 bits per heavy atom. The monoisotopic (exact) mass is 468 g/mol. The van der Waals surface area contributed by atoms with E-state index >= 15 is 0 Å². The molecule has 1 aromatic carbocycles. The molecule has 0 radical (unpaired) electrons. The smallest absolute Gasteiger partial charge is 0.412 e. The van der Waals surface area contributed by atoms with Gasteiger partial charge in [0.1, 0.15) is 11.5 Å². The lowest BCUT2D eigenvalue weighted by Gasteiger charge is -2.32. The van der Waals surface area contributed by atoms with Gasteiger partial charge in [0, 0.05) is 30.6 Å². The van der Waals surface area contributed by atoms with Crippen LogP contribution in [0.5, 0.6) is 11.5 Å². The normalized spacial score (nSPS) is 23.8. The van der Waals surface area contributed by atoms with Gasteiger partial charge in [-0.1, -0.05) is 50.0 Å². The largest absolute Gasteiger partial charge is 0.507 e. The number of rotatable bonds is 12. The lowest BCUT2D eigenvalue weighted by molar-refractivity contribution is 0.199. The Balaban J connectivity index is 1.75. The second-order valence-corrected chi connectivity index (χ2v) is 10.4. The molecule has 188 valence electrons. The summed E-state index contributed by atoms with van der Waals surface area (Å²) in [4.78, 5) is 15.1. The maximum Gasteiger partial charge on any atom is 0.412 e. The van der Waals surface area contributed by atoms with E-state index in [0.717, 1.165) is 68.5 Å². The zero-order valence-corrected chi connectivity index (χ0v) is 21.7. The number of nitrogens with zero attached hydrogens (tertiary/aromatic N) is 1. The Bertz CT molecular complexity index is 892. The van der Waals surface area contributed by atoms with Crippen molar-refractivity contribution in [2.75, 3.05) is 20.1 Å². The molecule has 1 heterocycles. The van der Waals surface area contributed by atoms with Crippen molar-refractivity contribution in [2.24, 2.45) is 5.92 Å². The number of hydrogen-bond donors (Lipinski definition) is 2. The third-order valence-corrected chi connectivity index (χ3v) is 7.39. The van der Waals surface area contributed by atoms with E-state index in [-0.39, 0.29) is 17.6 Å². The number of amides is 1. The Hall–Kier alpha value is -2.27. The van der Waals surface area contributed by atoms with Gasteiger partial charge in [0.05, 0.1) is 0 Å². The van der Waals surface area contributed by atoms with Crippen molar-refractivity contribution in [3.8, 4) is 11.5 Å². The van der Waals surface area contributed by atoms with Gasteiger partial charge >= 0.3 is 6.09 Å². The van der Waals surface area contributed by atoms with E-state index in [1.807, 2.05) is 12.1 Å². The van der Waals surface area contributed by atoms with Crippen LogP contribution < -0.4 is 10.1 Å². The summed E-state index contributed by atoms with van der Waals surface area (Å²) < 4.78 is 5.87. The zero-order chi connectivity index (χ0) is 24.7. The first-order valence-electron chi connectivity index (χ1n) is 13.1. The third kappa shape index (κ3) is 7.36. The lowest BCUT2D eigenvalue weighted by Crippen LogP contribution is -2.28. The highest BCUT2D eigenvalue weighted by Gasteiger charge is 2.31. The predicted molar refractivity (Wildman–Crippen MR) is 140 cm³/mol. The molecule has 2 aliphatic rings. The molecule has 4 atom stereocenters. The van der Waals surface area contributed by atoms with Gasteiger partial charge in [-0.3, -0.25) is 0 Å². The van der Waals surface area contributed by atoms with E-state index in [1.54, 1.807) is 0 Å². The molecular formula is C29H44N2O3. The molecule has 1 aliphatic carbocycles. The van der Waals surface area contributed by atoms with E-state index in [2.05, 4.69) is 50.7 Å². The van der Waals surface area contributed by atoms with Crippen LogP contribution in [0.3, 0.4) is 0 Å². The minimum Gasteiger partial charge on any atom is -0.507 e. The number of likely N-dealkylation sites (N-methyl/N-ethyl adjacent to an activating group) is 1. The number of aryl methyl sites for hydroxylation is 1. The van der Waals surface area contributed by atoms with Crippen molar-refractivity contribution in [3.63, 3.8) is 0 Å². The molecule has 34 heavy (non-hydrogen) atoms. The highest BCUT2D eigenvalue weighted by Crippen LogP contribution is 2.47. The SMILES string of the molecule is C=C(C)[C@@H]1CCC(C)=C[C@H]1c1c(O)cc(CCCCC)cc1OC(=O)NCCCCC1CN1C. The van der Waals surface area contributed by atoms with E-state index < -0.39 is 6.09 Å². The summed E-state index contributed by atoms with van der Waals surface area (Å²) in [6.07, 6.45) is 11.2. The molecule has 1 aromatic rings. The van der Waals surface area contributed by atoms with Crippen LogP contribution >= 0.6 is 0 Å². The number of unbranched alkanes of at least 4 members (excludes halogenated alkanes) is 3. The van der Waals surface area contributed by atoms with E-state index in [9.17, 15) is 9.90 Å². The molecule has 0 saturated carbocycles. The Morgan fingerprint density at radius 1 is 1.26 bits per heavy atom. The molecule has 5 nitrogen and oxygen atoms in total. The first-order valence-corrected chi connectivity index (χ1v) is 13.1. The van der Waals surface area contributed by atoms with Gasteiger partial charge in [-0.05, 0) is 83.0 Å². The number of hydrogen-bond acceptors (Lipinski definition) is 4. The molecular weight excluding hydrogens is 424 g/mol. The number of benzene rings is 1. The highest BCUT2D eigenvalue weighted by atomic mass is 16.6. The van der Waals surface area contributed by atoms with Crippen molar-refractivity contribution in [1.29, 1.82) is 0 Å². The molecule has 3 rings (SSSR count). The predicted octanol–water partition coefficient (Wildman–Crippen LogP) is 6.71. The van der Waals surface area contributed by atoms with Gasteiger partial charge in [0.2, 0.25) is 0 Å². The fourth-order valence-corrected chi connectivity index (χ4v) is 5.14. The van der Waals surface area contributed by atoms with Crippen molar-refractivity contribution in [1.82, 2.24) is 10.2 Å². The van der Waals surface area contributed by atoms with Gasteiger partial charge in [-0.25, -0.2) is 4.79 Å². The summed E-state index contributed by atoms with van der Waals surface area (Å²) in [7, 11) is 2.14. The van der Waals surface area contributed by atoms with Crippen LogP contribution in [0.25, 0.3) is 0 Å². The fraction of sp³-hybridized carbons (Fsp3) is 0.621. The maximum absolute atomic E-state index is 12.7.